The summed E-state index contributed by atoms with van der Waals surface area (Å²) in [5.74, 6) is -4.92. The molecule has 1 amide bonds. The molecule has 0 saturated heterocycles. The highest BCUT2D eigenvalue weighted by Crippen LogP contribution is 2.19. The van der Waals surface area contributed by atoms with Gasteiger partial charge in [0.15, 0.2) is 17.5 Å². The van der Waals surface area contributed by atoms with Gasteiger partial charge in [-0.15, -0.1) is 0 Å². The zero-order valence-electron chi connectivity index (χ0n) is 14.4. The Bertz CT molecular complexity index is 957. The van der Waals surface area contributed by atoms with Crippen LogP contribution in [0.3, 0.4) is 0 Å². The average Bonchev–Trinajstić information content (AvgIpc) is 2.68. The monoisotopic (exact) mass is 371 g/mol. The van der Waals surface area contributed by atoms with Crippen LogP contribution < -0.4 is 10.6 Å². The first-order valence-electron chi connectivity index (χ1n) is 8.24. The first-order valence-corrected chi connectivity index (χ1v) is 8.24. The summed E-state index contributed by atoms with van der Waals surface area (Å²) >= 11 is 0. The van der Waals surface area contributed by atoms with Crippen LogP contribution in [0.4, 0.5) is 30.4 Å². The second kappa shape index (κ2) is 7.90. The lowest BCUT2D eigenvalue weighted by atomic mass is 10.1. The van der Waals surface area contributed by atoms with Crippen molar-refractivity contribution in [3.8, 4) is 0 Å². The normalized spacial score (nSPS) is 10.5. The molecular formula is C20H16F3N3O. The van der Waals surface area contributed by atoms with Gasteiger partial charge in [-0.1, -0.05) is 19.1 Å². The third-order valence-electron chi connectivity index (χ3n) is 3.94. The molecule has 7 heteroatoms. The molecule has 1 heterocycles. The molecule has 0 bridgehead atoms. The molecule has 1 aromatic heterocycles. The molecule has 0 unspecified atom stereocenters. The Kier molecular flexibility index (Phi) is 5.40. The summed E-state index contributed by atoms with van der Waals surface area (Å²) in [4.78, 5) is 16.2. The number of benzene rings is 2. The Balaban J connectivity index is 1.68. The fourth-order valence-corrected chi connectivity index (χ4v) is 2.41. The number of aromatic nitrogens is 1. The lowest BCUT2D eigenvalue weighted by molar-refractivity contribution is 0.102. The van der Waals surface area contributed by atoms with E-state index in [-0.39, 0.29) is 5.69 Å². The van der Waals surface area contributed by atoms with E-state index < -0.39 is 28.9 Å². The number of rotatable bonds is 5. The van der Waals surface area contributed by atoms with Crippen LogP contribution >= 0.6 is 0 Å². The molecule has 0 saturated carbocycles. The molecule has 3 rings (SSSR count). The third-order valence-corrected chi connectivity index (χ3v) is 3.94. The van der Waals surface area contributed by atoms with Gasteiger partial charge in [0.25, 0.3) is 5.91 Å². The quantitative estimate of drug-likeness (QED) is 0.617. The number of amides is 1. The Morgan fingerprint density at radius 2 is 1.63 bits per heavy atom. The van der Waals surface area contributed by atoms with E-state index in [1.54, 1.807) is 12.1 Å². The standard InChI is InChI=1S/C20H16F3N3O/c1-2-12-3-5-13(6-4-12)25-17-10-7-14(11-24-17)26-20(27)15-8-9-16(21)19(23)18(15)22/h3-11H,2H2,1H3,(H,24,25)(H,26,27). The van der Waals surface area contributed by atoms with Gasteiger partial charge < -0.3 is 10.6 Å². The van der Waals surface area contributed by atoms with E-state index in [1.807, 2.05) is 24.3 Å². The summed E-state index contributed by atoms with van der Waals surface area (Å²) in [6.45, 7) is 2.07. The summed E-state index contributed by atoms with van der Waals surface area (Å²) in [6, 6.07) is 12.6. The van der Waals surface area contributed by atoms with E-state index >= 15 is 0 Å². The van der Waals surface area contributed by atoms with Crippen molar-refractivity contribution in [1.29, 1.82) is 0 Å². The number of carbonyl (C=O) groups excluding carboxylic acids is 1. The van der Waals surface area contributed by atoms with Crippen molar-refractivity contribution in [2.75, 3.05) is 10.6 Å². The Hall–Kier alpha value is -3.35. The van der Waals surface area contributed by atoms with Gasteiger partial charge in [-0.3, -0.25) is 4.79 Å². The van der Waals surface area contributed by atoms with E-state index in [0.717, 1.165) is 18.2 Å². The predicted octanol–water partition coefficient (Wildman–Crippen LogP) is 5.06. The number of nitrogens with zero attached hydrogens (tertiary/aromatic N) is 1. The highest BCUT2D eigenvalue weighted by Gasteiger charge is 2.18. The maximum absolute atomic E-state index is 13.7. The molecule has 27 heavy (non-hydrogen) atoms. The SMILES string of the molecule is CCc1ccc(Nc2ccc(NC(=O)c3ccc(F)c(F)c3F)cn2)cc1. The van der Waals surface area contributed by atoms with E-state index in [1.165, 1.54) is 11.8 Å². The van der Waals surface area contributed by atoms with Crippen LogP contribution in [0.25, 0.3) is 0 Å². The molecule has 4 nitrogen and oxygen atoms in total. The summed E-state index contributed by atoms with van der Waals surface area (Å²) in [5.41, 5.74) is 1.78. The Labute approximate surface area is 154 Å². The molecule has 0 atom stereocenters. The van der Waals surface area contributed by atoms with Gasteiger partial charge in [-0.25, -0.2) is 18.2 Å². The van der Waals surface area contributed by atoms with Crippen LogP contribution in [0.1, 0.15) is 22.8 Å². The van der Waals surface area contributed by atoms with Gasteiger partial charge in [0.2, 0.25) is 0 Å². The zero-order chi connectivity index (χ0) is 19.4. The van der Waals surface area contributed by atoms with Crippen LogP contribution in [0.15, 0.2) is 54.7 Å². The Morgan fingerprint density at radius 3 is 2.26 bits per heavy atom. The zero-order valence-corrected chi connectivity index (χ0v) is 14.4. The molecule has 0 aliphatic rings. The van der Waals surface area contributed by atoms with Crippen molar-refractivity contribution in [3.05, 3.63) is 83.3 Å². The number of aryl methyl sites for hydroxylation is 1. The maximum atomic E-state index is 13.7. The predicted molar refractivity (Wildman–Crippen MR) is 97.6 cm³/mol. The second-order valence-corrected chi connectivity index (χ2v) is 5.78. The molecule has 138 valence electrons. The first-order chi connectivity index (χ1) is 13.0. The van der Waals surface area contributed by atoms with Gasteiger partial charge in [0.1, 0.15) is 5.82 Å². The summed E-state index contributed by atoms with van der Waals surface area (Å²) in [6.07, 6.45) is 2.32. The van der Waals surface area contributed by atoms with Crippen molar-refractivity contribution >= 4 is 23.1 Å². The van der Waals surface area contributed by atoms with Crippen molar-refractivity contribution in [2.45, 2.75) is 13.3 Å². The van der Waals surface area contributed by atoms with Crippen LogP contribution in [0, 0.1) is 17.5 Å². The van der Waals surface area contributed by atoms with Crippen LogP contribution in [-0.4, -0.2) is 10.9 Å². The van der Waals surface area contributed by atoms with E-state index in [2.05, 4.69) is 22.5 Å². The molecule has 0 spiro atoms. The molecule has 2 aromatic carbocycles. The lowest BCUT2D eigenvalue weighted by Crippen LogP contribution is -2.15. The smallest absolute Gasteiger partial charge is 0.258 e. The van der Waals surface area contributed by atoms with Gasteiger partial charge in [-0.2, -0.15) is 0 Å². The van der Waals surface area contributed by atoms with E-state index in [9.17, 15) is 18.0 Å². The fraction of sp³-hybridized carbons (Fsp3) is 0.100. The molecule has 3 aromatic rings. The van der Waals surface area contributed by atoms with Gasteiger partial charge in [0, 0.05) is 5.69 Å². The minimum Gasteiger partial charge on any atom is -0.340 e. The van der Waals surface area contributed by atoms with Crippen molar-refractivity contribution in [2.24, 2.45) is 0 Å². The van der Waals surface area contributed by atoms with Gasteiger partial charge in [-0.05, 0) is 48.4 Å². The highest BCUT2D eigenvalue weighted by atomic mass is 19.2. The fourth-order valence-electron chi connectivity index (χ4n) is 2.41. The van der Waals surface area contributed by atoms with Crippen molar-refractivity contribution in [1.82, 2.24) is 4.98 Å². The summed E-state index contributed by atoms with van der Waals surface area (Å²) < 4.78 is 39.9. The molecule has 0 fully saturated rings. The number of hydrogen-bond acceptors (Lipinski definition) is 3. The largest absolute Gasteiger partial charge is 0.340 e. The summed E-state index contributed by atoms with van der Waals surface area (Å²) in [7, 11) is 0. The third kappa shape index (κ3) is 4.25. The average molecular weight is 371 g/mol. The van der Waals surface area contributed by atoms with Crippen molar-refractivity contribution < 1.29 is 18.0 Å². The molecule has 2 N–H and O–H groups in total. The summed E-state index contributed by atoms with van der Waals surface area (Å²) in [5, 5.41) is 5.51. The number of anilines is 3. The number of carbonyl (C=O) groups is 1. The second-order valence-electron chi connectivity index (χ2n) is 5.78. The number of hydrogen-bond donors (Lipinski definition) is 2. The number of pyridine rings is 1. The lowest BCUT2D eigenvalue weighted by Gasteiger charge is -2.09. The van der Waals surface area contributed by atoms with Crippen LogP contribution in [0.2, 0.25) is 0 Å². The van der Waals surface area contributed by atoms with Gasteiger partial charge >= 0.3 is 0 Å². The minimum absolute atomic E-state index is 0.288. The van der Waals surface area contributed by atoms with E-state index in [0.29, 0.717) is 11.9 Å². The molecule has 0 aliphatic carbocycles. The minimum atomic E-state index is -1.69. The molecular weight excluding hydrogens is 355 g/mol. The molecule has 0 radical (unpaired) electrons. The van der Waals surface area contributed by atoms with Crippen LogP contribution in [-0.2, 0) is 6.42 Å². The molecule has 0 aliphatic heterocycles. The first kappa shape index (κ1) is 18.4. The topological polar surface area (TPSA) is 54.0 Å². The van der Waals surface area contributed by atoms with Gasteiger partial charge in [0.05, 0.1) is 17.4 Å². The van der Waals surface area contributed by atoms with E-state index in [4.69, 9.17) is 0 Å². The maximum Gasteiger partial charge on any atom is 0.258 e. The highest BCUT2D eigenvalue weighted by molar-refractivity contribution is 6.04. The number of nitrogens with one attached hydrogen (secondary N) is 2. The number of halogens is 3. The Morgan fingerprint density at radius 1 is 0.926 bits per heavy atom. The van der Waals surface area contributed by atoms with Crippen LogP contribution in [0.5, 0.6) is 0 Å². The van der Waals surface area contributed by atoms with Crippen molar-refractivity contribution in [3.63, 3.8) is 0 Å².